The number of carbonyl (C=O) groups is 1. The summed E-state index contributed by atoms with van der Waals surface area (Å²) >= 11 is 7.73. The average molecular weight is 362 g/mol. The summed E-state index contributed by atoms with van der Waals surface area (Å²) in [6.07, 6.45) is 4.66. The smallest absolute Gasteiger partial charge is 0.227 e. The van der Waals surface area contributed by atoms with E-state index in [1.165, 1.54) is 10.4 Å². The highest BCUT2D eigenvalue weighted by Crippen LogP contribution is 2.28. The Morgan fingerprint density at radius 2 is 2.21 bits per heavy atom. The quantitative estimate of drug-likeness (QED) is 0.820. The molecule has 0 radical (unpaired) electrons. The molecule has 1 saturated heterocycles. The summed E-state index contributed by atoms with van der Waals surface area (Å²) in [6, 6.07) is 5.95. The first-order valence-electron chi connectivity index (χ1n) is 8.41. The van der Waals surface area contributed by atoms with Crippen molar-refractivity contribution >= 4 is 34.7 Å². The van der Waals surface area contributed by atoms with Crippen LogP contribution in [-0.4, -0.2) is 35.4 Å². The van der Waals surface area contributed by atoms with Crippen molar-refractivity contribution in [3.05, 3.63) is 45.2 Å². The van der Waals surface area contributed by atoms with Gasteiger partial charge in [-0.25, -0.2) is 4.98 Å². The molecule has 126 valence electrons. The number of rotatable bonds is 2. The van der Waals surface area contributed by atoms with Gasteiger partial charge < -0.3 is 9.80 Å². The third-order valence-corrected chi connectivity index (χ3v) is 6.17. The van der Waals surface area contributed by atoms with E-state index in [2.05, 4.69) is 21.3 Å². The fraction of sp³-hybridized carbons (Fsp3) is 0.444. The summed E-state index contributed by atoms with van der Waals surface area (Å²) in [6.45, 7) is 3.32. The molecule has 2 aromatic rings. The summed E-state index contributed by atoms with van der Waals surface area (Å²) < 4.78 is 0. The van der Waals surface area contributed by atoms with Crippen LogP contribution in [0.5, 0.6) is 0 Å². The number of amides is 1. The number of halogens is 1. The van der Waals surface area contributed by atoms with Crippen LogP contribution in [0.3, 0.4) is 0 Å². The molecule has 2 aliphatic heterocycles. The minimum Gasteiger partial charge on any atom is -0.356 e. The summed E-state index contributed by atoms with van der Waals surface area (Å²) in [5.74, 6) is 1.28. The predicted molar refractivity (Wildman–Crippen MR) is 97.6 cm³/mol. The van der Waals surface area contributed by atoms with Crippen molar-refractivity contribution in [1.82, 2.24) is 9.88 Å². The van der Waals surface area contributed by atoms with Crippen molar-refractivity contribution in [2.75, 3.05) is 24.5 Å². The number of pyridine rings is 1. The van der Waals surface area contributed by atoms with Gasteiger partial charge in [0, 0.05) is 37.3 Å². The Morgan fingerprint density at radius 3 is 3.04 bits per heavy atom. The molecule has 4 nitrogen and oxygen atoms in total. The lowest BCUT2D eigenvalue weighted by molar-refractivity contribution is -0.136. The van der Waals surface area contributed by atoms with E-state index in [4.69, 9.17) is 11.6 Å². The minimum absolute atomic E-state index is 0.0661. The zero-order chi connectivity index (χ0) is 16.5. The molecule has 0 N–H and O–H groups in total. The van der Waals surface area contributed by atoms with Crippen molar-refractivity contribution in [1.29, 1.82) is 0 Å². The van der Waals surface area contributed by atoms with Crippen LogP contribution in [0.1, 0.15) is 23.3 Å². The molecule has 1 atom stereocenters. The van der Waals surface area contributed by atoms with E-state index >= 15 is 0 Å². The molecule has 0 aromatic carbocycles. The van der Waals surface area contributed by atoms with Gasteiger partial charge in [0.1, 0.15) is 5.82 Å². The second-order valence-electron chi connectivity index (χ2n) is 6.50. The van der Waals surface area contributed by atoms with Crippen molar-refractivity contribution in [2.24, 2.45) is 5.92 Å². The largest absolute Gasteiger partial charge is 0.356 e. The number of fused-ring (bicyclic) bond motifs is 1. The van der Waals surface area contributed by atoms with Gasteiger partial charge in [-0.05, 0) is 48.4 Å². The number of piperidine rings is 1. The number of carbonyl (C=O) groups excluding carboxylic acids is 1. The number of hydrogen-bond acceptors (Lipinski definition) is 4. The first kappa shape index (κ1) is 15.9. The normalized spacial score (nSPS) is 20.8. The van der Waals surface area contributed by atoms with Crippen LogP contribution in [0.15, 0.2) is 29.8 Å². The maximum absolute atomic E-state index is 13.0. The molecule has 1 fully saturated rings. The lowest BCUT2D eigenvalue weighted by Gasteiger charge is -2.36. The summed E-state index contributed by atoms with van der Waals surface area (Å²) in [5.41, 5.74) is 1.33. The van der Waals surface area contributed by atoms with Gasteiger partial charge in [0.2, 0.25) is 5.91 Å². The Balaban J connectivity index is 1.44. The average Bonchev–Trinajstić information content (AvgIpc) is 3.09. The highest BCUT2D eigenvalue weighted by atomic mass is 35.5. The Morgan fingerprint density at radius 1 is 1.29 bits per heavy atom. The molecule has 0 spiro atoms. The van der Waals surface area contributed by atoms with E-state index in [1.807, 2.05) is 28.4 Å². The number of nitrogens with zero attached hydrogens (tertiary/aromatic N) is 3. The van der Waals surface area contributed by atoms with Gasteiger partial charge in [0.05, 0.1) is 10.9 Å². The fourth-order valence-corrected chi connectivity index (χ4v) is 4.64. The first-order chi connectivity index (χ1) is 11.7. The topological polar surface area (TPSA) is 36.4 Å². The van der Waals surface area contributed by atoms with E-state index < -0.39 is 0 Å². The summed E-state index contributed by atoms with van der Waals surface area (Å²) in [5, 5.41) is 2.77. The van der Waals surface area contributed by atoms with Crippen LogP contribution in [-0.2, 0) is 17.8 Å². The van der Waals surface area contributed by atoms with Gasteiger partial charge in [0.25, 0.3) is 0 Å². The third kappa shape index (κ3) is 3.15. The maximum atomic E-state index is 13.0. The second kappa shape index (κ2) is 6.73. The number of hydrogen-bond donors (Lipinski definition) is 0. The Kier molecular flexibility index (Phi) is 4.46. The van der Waals surface area contributed by atoms with E-state index in [9.17, 15) is 4.79 Å². The monoisotopic (exact) mass is 361 g/mol. The number of aromatic nitrogens is 1. The van der Waals surface area contributed by atoms with E-state index in [1.54, 1.807) is 6.20 Å². The first-order valence-corrected chi connectivity index (χ1v) is 9.67. The van der Waals surface area contributed by atoms with Gasteiger partial charge in [-0.1, -0.05) is 11.6 Å². The van der Waals surface area contributed by atoms with E-state index in [-0.39, 0.29) is 5.92 Å². The minimum atomic E-state index is 0.0661. The molecular weight excluding hydrogens is 342 g/mol. The van der Waals surface area contributed by atoms with Crippen LogP contribution in [0.4, 0.5) is 5.82 Å². The van der Waals surface area contributed by atoms with Crippen molar-refractivity contribution in [3.8, 4) is 0 Å². The SMILES string of the molecule is O=C(C1CCCN(c2ccc(Cl)cn2)C1)N1CCc2sccc2C1. The van der Waals surface area contributed by atoms with Crippen molar-refractivity contribution in [2.45, 2.75) is 25.8 Å². The second-order valence-corrected chi connectivity index (χ2v) is 7.94. The van der Waals surface area contributed by atoms with Gasteiger partial charge in [-0.15, -0.1) is 11.3 Å². The molecule has 24 heavy (non-hydrogen) atoms. The summed E-state index contributed by atoms with van der Waals surface area (Å²) in [4.78, 5) is 23.1. The van der Waals surface area contributed by atoms with Crippen LogP contribution in [0.25, 0.3) is 0 Å². The van der Waals surface area contributed by atoms with Crippen molar-refractivity contribution < 1.29 is 4.79 Å². The highest BCUT2D eigenvalue weighted by Gasteiger charge is 2.31. The Labute approximate surface area is 151 Å². The lowest BCUT2D eigenvalue weighted by atomic mass is 9.95. The van der Waals surface area contributed by atoms with Crippen molar-refractivity contribution in [3.63, 3.8) is 0 Å². The molecule has 6 heteroatoms. The van der Waals surface area contributed by atoms with E-state index in [0.29, 0.717) is 10.9 Å². The number of thiophene rings is 1. The standard InChI is InChI=1S/C18H20ClN3OS/c19-15-3-4-17(20-10-15)21-7-1-2-14(12-21)18(23)22-8-5-16-13(11-22)6-9-24-16/h3-4,6,9-10,14H,1-2,5,7-8,11-12H2. The Bertz CT molecular complexity index is 730. The van der Waals surface area contributed by atoms with Gasteiger partial charge >= 0.3 is 0 Å². The Hall–Kier alpha value is -1.59. The maximum Gasteiger partial charge on any atom is 0.227 e. The molecule has 0 aliphatic carbocycles. The molecule has 4 heterocycles. The van der Waals surface area contributed by atoms with Crippen LogP contribution in [0.2, 0.25) is 5.02 Å². The molecule has 0 saturated carbocycles. The molecule has 1 unspecified atom stereocenters. The summed E-state index contributed by atoms with van der Waals surface area (Å²) in [7, 11) is 0. The van der Waals surface area contributed by atoms with Crippen LogP contribution < -0.4 is 4.90 Å². The van der Waals surface area contributed by atoms with Crippen LogP contribution in [0, 0.1) is 5.92 Å². The molecule has 1 amide bonds. The molecule has 0 bridgehead atoms. The molecular formula is C18H20ClN3OS. The van der Waals surface area contributed by atoms with Gasteiger partial charge in [0.15, 0.2) is 0 Å². The predicted octanol–water partition coefficient (Wildman–Crippen LogP) is 3.60. The van der Waals surface area contributed by atoms with Crippen LogP contribution >= 0.6 is 22.9 Å². The molecule has 2 aromatic heterocycles. The molecule has 4 rings (SSSR count). The van der Waals surface area contributed by atoms with E-state index in [0.717, 1.165) is 51.3 Å². The fourth-order valence-electron chi connectivity index (χ4n) is 3.64. The van der Waals surface area contributed by atoms with Gasteiger partial charge in [-0.2, -0.15) is 0 Å². The van der Waals surface area contributed by atoms with Gasteiger partial charge in [-0.3, -0.25) is 4.79 Å². The third-order valence-electron chi connectivity index (χ3n) is 4.93. The highest BCUT2D eigenvalue weighted by molar-refractivity contribution is 7.10. The zero-order valence-electron chi connectivity index (χ0n) is 13.4. The molecule has 2 aliphatic rings. The lowest BCUT2D eigenvalue weighted by Crippen LogP contribution is -2.46. The number of anilines is 1. The zero-order valence-corrected chi connectivity index (χ0v) is 15.0.